The van der Waals surface area contributed by atoms with E-state index >= 15 is 0 Å². The van der Waals surface area contributed by atoms with Gasteiger partial charge in [-0.25, -0.2) is 0 Å². The van der Waals surface area contributed by atoms with Gasteiger partial charge in [0.1, 0.15) is 0 Å². The zero-order valence-electron chi connectivity index (χ0n) is 8.38. The third-order valence-electron chi connectivity index (χ3n) is 2.44. The fraction of sp³-hybridized carbons (Fsp3) is 0.182. The van der Waals surface area contributed by atoms with Gasteiger partial charge in [-0.15, -0.1) is 0 Å². The Morgan fingerprint density at radius 2 is 1.88 bits per heavy atom. The zero-order chi connectivity index (χ0) is 11.9. The molecule has 0 amide bonds. The topological polar surface area (TPSA) is 22.0 Å². The summed E-state index contributed by atoms with van der Waals surface area (Å²) >= 11 is 0. The van der Waals surface area contributed by atoms with Crippen LogP contribution in [-0.4, -0.2) is 16.5 Å². The van der Waals surface area contributed by atoms with E-state index in [-0.39, 0.29) is 5.69 Å². The van der Waals surface area contributed by atoms with E-state index in [9.17, 15) is 18.0 Å². The molecule has 0 fully saturated rings. The van der Waals surface area contributed by atoms with E-state index in [0.717, 1.165) is 0 Å². The van der Waals surface area contributed by atoms with Crippen LogP contribution in [0.2, 0.25) is 0 Å². The van der Waals surface area contributed by atoms with Crippen molar-refractivity contribution in [1.29, 1.82) is 0 Å². The first kappa shape index (κ1) is 10.7. The molecule has 0 atom stereocenters. The van der Waals surface area contributed by atoms with Gasteiger partial charge in [0.25, 0.3) is 5.78 Å². The number of rotatable bonds is 1. The maximum Gasteiger partial charge on any atom is 0.456 e. The molecule has 0 radical (unpaired) electrons. The molecule has 0 saturated carbocycles. The van der Waals surface area contributed by atoms with Crippen molar-refractivity contribution in [3.63, 3.8) is 0 Å². The summed E-state index contributed by atoms with van der Waals surface area (Å²) in [7, 11) is 1.45. The van der Waals surface area contributed by atoms with Gasteiger partial charge in [0.05, 0.1) is 5.69 Å². The molecule has 2 nitrogen and oxygen atoms in total. The second kappa shape index (κ2) is 3.37. The molecule has 16 heavy (non-hydrogen) atoms. The number of carbonyl (C=O) groups excluding carboxylic acids is 1. The molecule has 1 heterocycles. The third-order valence-corrected chi connectivity index (χ3v) is 2.44. The highest BCUT2D eigenvalue weighted by molar-refractivity contribution is 6.03. The number of alkyl halides is 3. The molecular weight excluding hydrogens is 219 g/mol. The molecule has 0 aliphatic carbocycles. The van der Waals surface area contributed by atoms with Gasteiger partial charge in [-0.2, -0.15) is 13.2 Å². The summed E-state index contributed by atoms with van der Waals surface area (Å²) in [5.74, 6) is -1.81. The Bertz CT molecular complexity index is 554. The minimum atomic E-state index is -4.83. The number of para-hydroxylation sites is 1. The Kier molecular flexibility index (Phi) is 2.26. The number of fused-ring (bicyclic) bond motifs is 1. The standard InChI is InChI=1S/C11H8F3NO/c1-15-8-5-3-2-4-7(8)6-9(15)10(16)11(12,13)14/h2-6H,1H3. The number of carbonyl (C=O) groups is 1. The van der Waals surface area contributed by atoms with Gasteiger partial charge in [-0.05, 0) is 12.1 Å². The summed E-state index contributed by atoms with van der Waals surface area (Å²) in [6.45, 7) is 0. The molecule has 0 saturated heterocycles. The molecule has 0 unspecified atom stereocenters. The SMILES string of the molecule is Cn1c(C(=O)C(F)(F)F)cc2ccccc21. The Morgan fingerprint density at radius 3 is 2.44 bits per heavy atom. The Hall–Kier alpha value is -1.78. The highest BCUT2D eigenvalue weighted by Crippen LogP contribution is 2.25. The van der Waals surface area contributed by atoms with Crippen LogP contribution in [0.3, 0.4) is 0 Å². The number of benzene rings is 1. The summed E-state index contributed by atoms with van der Waals surface area (Å²) in [6, 6.07) is 8.02. The number of hydrogen-bond acceptors (Lipinski definition) is 1. The normalized spacial score (nSPS) is 12.0. The summed E-state index contributed by atoms with van der Waals surface area (Å²) < 4.78 is 38.1. The van der Waals surface area contributed by atoms with Crippen LogP contribution < -0.4 is 0 Å². The number of hydrogen-bond donors (Lipinski definition) is 0. The third kappa shape index (κ3) is 1.58. The van der Waals surface area contributed by atoms with Crippen molar-refractivity contribution in [3.8, 4) is 0 Å². The molecule has 0 bridgehead atoms. The van der Waals surface area contributed by atoms with Crippen molar-refractivity contribution in [2.45, 2.75) is 6.18 Å². The van der Waals surface area contributed by atoms with Crippen LogP contribution in [0.25, 0.3) is 10.9 Å². The molecule has 0 spiro atoms. The predicted octanol–water partition coefficient (Wildman–Crippen LogP) is 2.92. The van der Waals surface area contributed by atoms with Crippen molar-refractivity contribution < 1.29 is 18.0 Å². The van der Waals surface area contributed by atoms with Gasteiger partial charge in [0.2, 0.25) is 0 Å². The van der Waals surface area contributed by atoms with E-state index < -0.39 is 12.0 Å². The second-order valence-electron chi connectivity index (χ2n) is 3.47. The van der Waals surface area contributed by atoms with Crippen LogP contribution in [0.15, 0.2) is 30.3 Å². The largest absolute Gasteiger partial charge is 0.456 e. The number of ketones is 1. The predicted molar refractivity (Wildman–Crippen MR) is 53.3 cm³/mol. The smallest absolute Gasteiger partial charge is 0.341 e. The highest BCUT2D eigenvalue weighted by atomic mass is 19.4. The highest BCUT2D eigenvalue weighted by Gasteiger charge is 2.40. The van der Waals surface area contributed by atoms with Crippen LogP contribution in [0.5, 0.6) is 0 Å². The monoisotopic (exact) mass is 227 g/mol. The van der Waals surface area contributed by atoms with Gasteiger partial charge >= 0.3 is 6.18 Å². The fourth-order valence-electron chi connectivity index (χ4n) is 1.65. The first-order valence-electron chi connectivity index (χ1n) is 4.57. The average molecular weight is 227 g/mol. The maximum atomic E-state index is 12.3. The Balaban J connectivity index is 2.63. The summed E-state index contributed by atoms with van der Waals surface area (Å²) in [5.41, 5.74) is 0.267. The van der Waals surface area contributed by atoms with Crippen LogP contribution in [0.1, 0.15) is 10.5 Å². The van der Waals surface area contributed by atoms with Gasteiger partial charge in [-0.3, -0.25) is 4.79 Å². The fourth-order valence-corrected chi connectivity index (χ4v) is 1.65. The number of aryl methyl sites for hydroxylation is 1. The van der Waals surface area contributed by atoms with E-state index in [0.29, 0.717) is 10.9 Å². The molecule has 5 heteroatoms. The van der Waals surface area contributed by atoms with Crippen molar-refractivity contribution in [1.82, 2.24) is 4.57 Å². The minimum Gasteiger partial charge on any atom is -0.341 e. The molecule has 1 aromatic heterocycles. The molecular formula is C11H8F3NO. The lowest BCUT2D eigenvalue weighted by molar-refractivity contribution is -0.0889. The van der Waals surface area contributed by atoms with E-state index in [4.69, 9.17) is 0 Å². The van der Waals surface area contributed by atoms with E-state index in [2.05, 4.69) is 0 Å². The quantitative estimate of drug-likeness (QED) is 0.686. The maximum absolute atomic E-state index is 12.3. The molecule has 0 N–H and O–H groups in total. The van der Waals surface area contributed by atoms with Crippen molar-refractivity contribution in [2.24, 2.45) is 7.05 Å². The number of halogens is 3. The van der Waals surface area contributed by atoms with E-state index in [1.807, 2.05) is 0 Å². The molecule has 84 valence electrons. The van der Waals surface area contributed by atoms with Crippen molar-refractivity contribution in [3.05, 3.63) is 36.0 Å². The number of Topliss-reactive ketones (excluding diaryl/α,β-unsaturated/α-hetero) is 1. The molecule has 1 aromatic carbocycles. The molecule has 2 aromatic rings. The molecule has 0 aliphatic rings. The van der Waals surface area contributed by atoms with E-state index in [1.165, 1.54) is 17.7 Å². The van der Waals surface area contributed by atoms with Crippen LogP contribution >= 0.6 is 0 Å². The van der Waals surface area contributed by atoms with Crippen LogP contribution in [0, 0.1) is 0 Å². The zero-order valence-corrected chi connectivity index (χ0v) is 8.38. The van der Waals surface area contributed by atoms with Gasteiger partial charge in [-0.1, -0.05) is 18.2 Å². The van der Waals surface area contributed by atoms with Crippen LogP contribution in [0.4, 0.5) is 13.2 Å². The molecule has 0 aliphatic heterocycles. The lowest BCUT2D eigenvalue weighted by Crippen LogP contribution is -2.24. The summed E-state index contributed by atoms with van der Waals surface area (Å²) in [4.78, 5) is 11.1. The van der Waals surface area contributed by atoms with Crippen molar-refractivity contribution >= 4 is 16.7 Å². The Labute approximate surface area is 89.3 Å². The second-order valence-corrected chi connectivity index (χ2v) is 3.47. The number of nitrogens with zero attached hydrogens (tertiary/aromatic N) is 1. The van der Waals surface area contributed by atoms with Gasteiger partial charge < -0.3 is 4.57 Å². The molecule has 2 rings (SSSR count). The van der Waals surface area contributed by atoms with Gasteiger partial charge in [0, 0.05) is 18.0 Å². The average Bonchev–Trinajstić information content (AvgIpc) is 2.54. The Morgan fingerprint density at radius 1 is 1.25 bits per heavy atom. The van der Waals surface area contributed by atoms with Crippen molar-refractivity contribution in [2.75, 3.05) is 0 Å². The van der Waals surface area contributed by atoms with Gasteiger partial charge in [0.15, 0.2) is 0 Å². The number of aromatic nitrogens is 1. The van der Waals surface area contributed by atoms with Crippen LogP contribution in [-0.2, 0) is 7.05 Å². The minimum absolute atomic E-state index is 0.339. The lowest BCUT2D eigenvalue weighted by Gasteiger charge is -2.06. The lowest BCUT2D eigenvalue weighted by atomic mass is 10.2. The first-order valence-corrected chi connectivity index (χ1v) is 4.57. The van der Waals surface area contributed by atoms with E-state index in [1.54, 1.807) is 24.3 Å². The first-order chi connectivity index (χ1) is 7.41. The summed E-state index contributed by atoms with van der Waals surface area (Å²) in [6.07, 6.45) is -4.83. The summed E-state index contributed by atoms with van der Waals surface area (Å²) in [5, 5.41) is 0.623.